The van der Waals surface area contributed by atoms with E-state index in [9.17, 15) is 26.3 Å². The van der Waals surface area contributed by atoms with Gasteiger partial charge in [0.1, 0.15) is 6.04 Å². The molecule has 1 aromatic carbocycles. The Morgan fingerprint density at radius 2 is 1.41 bits per heavy atom. The van der Waals surface area contributed by atoms with Crippen molar-refractivity contribution < 1.29 is 26.3 Å². The maximum atomic E-state index is 12.4. The summed E-state index contributed by atoms with van der Waals surface area (Å²) in [6.45, 7) is 0. The summed E-state index contributed by atoms with van der Waals surface area (Å²) >= 11 is 0. The third-order valence-corrected chi connectivity index (χ3v) is 2.07. The summed E-state index contributed by atoms with van der Waals surface area (Å²) in [5, 5.41) is 0. The predicted molar refractivity (Wildman–Crippen MR) is 47.6 cm³/mol. The number of hydrogen-bond acceptors (Lipinski definition) is 2. The number of nitrogens with one attached hydrogen (secondary N) is 1. The van der Waals surface area contributed by atoms with Crippen molar-refractivity contribution in [3.05, 3.63) is 35.4 Å². The van der Waals surface area contributed by atoms with Crippen LogP contribution in [0.4, 0.5) is 26.3 Å². The van der Waals surface area contributed by atoms with Crippen LogP contribution in [0.1, 0.15) is 17.2 Å². The second kappa shape index (κ2) is 4.53. The quantitative estimate of drug-likeness (QED) is 0.486. The fraction of sp³-hybridized carbons (Fsp3) is 0.333. The van der Waals surface area contributed by atoms with E-state index in [1.807, 2.05) is 0 Å². The first-order chi connectivity index (χ1) is 7.66. The average Bonchev–Trinajstić information content (AvgIpc) is 2.16. The molecule has 0 amide bonds. The maximum Gasteiger partial charge on any atom is 0.416 e. The number of alkyl halides is 6. The summed E-state index contributed by atoms with van der Waals surface area (Å²) < 4.78 is 73.6. The molecule has 8 heteroatoms. The van der Waals surface area contributed by atoms with Gasteiger partial charge in [0, 0.05) is 0 Å². The number of rotatable bonds is 2. The normalized spacial score (nSPS) is 14.8. The number of nitrogens with two attached hydrogens (primary N) is 1. The Kier molecular flexibility index (Phi) is 3.68. The SMILES string of the molecule is NNC(c1ccc(C(F)(F)F)cc1)C(F)(F)F. The second-order valence-corrected chi connectivity index (χ2v) is 3.26. The van der Waals surface area contributed by atoms with E-state index in [2.05, 4.69) is 0 Å². The van der Waals surface area contributed by atoms with Gasteiger partial charge in [0.25, 0.3) is 0 Å². The molecule has 0 saturated carbocycles. The molecule has 1 unspecified atom stereocenters. The van der Waals surface area contributed by atoms with E-state index >= 15 is 0 Å². The molecule has 0 spiro atoms. The smallest absolute Gasteiger partial charge is 0.271 e. The lowest BCUT2D eigenvalue weighted by molar-refractivity contribution is -0.157. The number of halogens is 6. The highest BCUT2D eigenvalue weighted by molar-refractivity contribution is 5.27. The molecule has 1 atom stereocenters. The van der Waals surface area contributed by atoms with Crippen LogP contribution >= 0.6 is 0 Å². The van der Waals surface area contributed by atoms with Gasteiger partial charge in [0.2, 0.25) is 0 Å². The average molecular weight is 258 g/mol. The van der Waals surface area contributed by atoms with E-state index in [4.69, 9.17) is 5.84 Å². The van der Waals surface area contributed by atoms with Crippen LogP contribution in [0.2, 0.25) is 0 Å². The molecule has 0 aliphatic rings. The van der Waals surface area contributed by atoms with E-state index in [0.717, 1.165) is 12.1 Å². The molecule has 0 bridgehead atoms. The van der Waals surface area contributed by atoms with Crippen molar-refractivity contribution in [2.24, 2.45) is 5.84 Å². The molecule has 17 heavy (non-hydrogen) atoms. The molecule has 1 rings (SSSR count). The van der Waals surface area contributed by atoms with E-state index in [0.29, 0.717) is 12.1 Å². The second-order valence-electron chi connectivity index (χ2n) is 3.26. The zero-order valence-electron chi connectivity index (χ0n) is 8.23. The fourth-order valence-electron chi connectivity index (χ4n) is 1.24. The van der Waals surface area contributed by atoms with Gasteiger partial charge in [-0.3, -0.25) is 5.84 Å². The first-order valence-corrected chi connectivity index (χ1v) is 4.36. The molecule has 0 heterocycles. The molecular weight excluding hydrogens is 250 g/mol. The van der Waals surface area contributed by atoms with Crippen LogP contribution in [0.25, 0.3) is 0 Å². The van der Waals surface area contributed by atoms with Crippen LogP contribution in [-0.4, -0.2) is 6.18 Å². The van der Waals surface area contributed by atoms with Crippen LogP contribution in [0, 0.1) is 0 Å². The van der Waals surface area contributed by atoms with Gasteiger partial charge in [-0.25, -0.2) is 5.43 Å². The molecule has 96 valence electrons. The predicted octanol–water partition coefficient (Wildman–Crippen LogP) is 2.77. The standard InChI is InChI=1S/C9H8F6N2/c10-8(11,12)6-3-1-5(2-4-6)7(17-16)9(13,14)15/h1-4,7,17H,16H2. The molecule has 0 aromatic heterocycles. The van der Waals surface area contributed by atoms with Crippen LogP contribution in [-0.2, 0) is 6.18 Å². The third-order valence-electron chi connectivity index (χ3n) is 2.07. The minimum absolute atomic E-state index is 0.381. The van der Waals surface area contributed by atoms with Gasteiger partial charge in [-0.1, -0.05) is 12.1 Å². The van der Waals surface area contributed by atoms with Crippen molar-refractivity contribution in [2.75, 3.05) is 0 Å². The van der Waals surface area contributed by atoms with Crippen LogP contribution < -0.4 is 11.3 Å². The Bertz CT molecular complexity index is 367. The number of hydrogen-bond donors (Lipinski definition) is 2. The van der Waals surface area contributed by atoms with E-state index in [1.165, 1.54) is 5.43 Å². The molecule has 2 nitrogen and oxygen atoms in total. The minimum atomic E-state index is -4.67. The Balaban J connectivity index is 3.02. The molecular formula is C9H8F6N2. The molecule has 0 fully saturated rings. The first kappa shape index (κ1) is 13.8. The lowest BCUT2D eigenvalue weighted by atomic mass is 10.0. The summed E-state index contributed by atoms with van der Waals surface area (Å²) in [6.07, 6.45) is -9.25. The van der Waals surface area contributed by atoms with Crippen molar-refractivity contribution in [3.63, 3.8) is 0 Å². The van der Waals surface area contributed by atoms with Crippen molar-refractivity contribution in [1.29, 1.82) is 0 Å². The van der Waals surface area contributed by atoms with Crippen LogP contribution in [0.3, 0.4) is 0 Å². The molecule has 0 radical (unpaired) electrons. The van der Waals surface area contributed by atoms with Gasteiger partial charge >= 0.3 is 12.4 Å². The number of hydrazine groups is 1. The van der Waals surface area contributed by atoms with Crippen molar-refractivity contribution in [2.45, 2.75) is 18.4 Å². The summed E-state index contributed by atoms with van der Waals surface area (Å²) in [4.78, 5) is 0. The van der Waals surface area contributed by atoms with Gasteiger partial charge in [0.05, 0.1) is 5.56 Å². The van der Waals surface area contributed by atoms with Gasteiger partial charge in [-0.05, 0) is 17.7 Å². The van der Waals surface area contributed by atoms with E-state index < -0.39 is 24.0 Å². The van der Waals surface area contributed by atoms with Crippen LogP contribution in [0.15, 0.2) is 24.3 Å². The summed E-state index contributed by atoms with van der Waals surface area (Å²) in [5.74, 6) is 4.72. The zero-order chi connectivity index (χ0) is 13.3. The highest BCUT2D eigenvalue weighted by atomic mass is 19.4. The largest absolute Gasteiger partial charge is 0.416 e. The Morgan fingerprint density at radius 3 is 1.71 bits per heavy atom. The summed E-state index contributed by atoms with van der Waals surface area (Å²) in [7, 11) is 0. The highest BCUT2D eigenvalue weighted by Gasteiger charge is 2.40. The lowest BCUT2D eigenvalue weighted by Gasteiger charge is -2.20. The van der Waals surface area contributed by atoms with Gasteiger partial charge in [-0.2, -0.15) is 26.3 Å². The van der Waals surface area contributed by atoms with Crippen LogP contribution in [0.5, 0.6) is 0 Å². The maximum absolute atomic E-state index is 12.4. The molecule has 1 aromatic rings. The van der Waals surface area contributed by atoms with E-state index in [1.54, 1.807) is 0 Å². The minimum Gasteiger partial charge on any atom is -0.271 e. The topological polar surface area (TPSA) is 38.0 Å². The highest BCUT2D eigenvalue weighted by Crippen LogP contribution is 2.34. The molecule has 3 N–H and O–H groups in total. The molecule has 0 aliphatic carbocycles. The Hall–Kier alpha value is -1.28. The number of benzene rings is 1. The van der Waals surface area contributed by atoms with Crippen molar-refractivity contribution in [3.8, 4) is 0 Å². The monoisotopic (exact) mass is 258 g/mol. The van der Waals surface area contributed by atoms with Crippen molar-refractivity contribution >= 4 is 0 Å². The fourth-order valence-corrected chi connectivity index (χ4v) is 1.24. The van der Waals surface area contributed by atoms with Gasteiger partial charge < -0.3 is 0 Å². The zero-order valence-corrected chi connectivity index (χ0v) is 8.23. The van der Waals surface area contributed by atoms with Gasteiger partial charge in [-0.15, -0.1) is 0 Å². The summed E-state index contributed by atoms with van der Waals surface area (Å²) in [6, 6.07) is 0.434. The van der Waals surface area contributed by atoms with E-state index in [-0.39, 0.29) is 5.56 Å². The Labute approximate surface area is 92.4 Å². The van der Waals surface area contributed by atoms with Gasteiger partial charge in [0.15, 0.2) is 0 Å². The molecule has 0 saturated heterocycles. The Morgan fingerprint density at radius 1 is 0.941 bits per heavy atom. The third kappa shape index (κ3) is 3.34. The molecule has 0 aliphatic heterocycles. The van der Waals surface area contributed by atoms with Crippen molar-refractivity contribution in [1.82, 2.24) is 5.43 Å². The summed E-state index contributed by atoms with van der Waals surface area (Å²) in [5.41, 5.74) is 0.114. The lowest BCUT2D eigenvalue weighted by Crippen LogP contribution is -2.38. The first-order valence-electron chi connectivity index (χ1n) is 4.36.